The summed E-state index contributed by atoms with van der Waals surface area (Å²) in [5.74, 6) is 1.87. The summed E-state index contributed by atoms with van der Waals surface area (Å²) in [4.78, 5) is 15.5. The molecule has 0 radical (unpaired) electrons. The minimum atomic E-state index is 0.612. The maximum atomic E-state index is 5.25. The molecule has 0 spiro atoms. The number of hydrogen-bond donors (Lipinski definition) is 0. The first kappa shape index (κ1) is 28.2. The number of rotatable bonds is 5. The molecule has 0 saturated carbocycles. The van der Waals surface area contributed by atoms with E-state index in [1.807, 2.05) is 36.4 Å². The van der Waals surface area contributed by atoms with Crippen LogP contribution in [0.4, 0.5) is 0 Å². The lowest BCUT2D eigenvalue weighted by molar-refractivity contribution is 1.06. The summed E-state index contributed by atoms with van der Waals surface area (Å²) in [5, 5.41) is 4.73. The van der Waals surface area contributed by atoms with Crippen LogP contribution in [0.3, 0.4) is 0 Å². The van der Waals surface area contributed by atoms with Crippen molar-refractivity contribution in [3.63, 3.8) is 0 Å². The molecule has 0 fully saturated rings. The van der Waals surface area contributed by atoms with Gasteiger partial charge in [-0.25, -0.2) is 15.0 Å². The van der Waals surface area contributed by atoms with Crippen LogP contribution in [0, 0.1) is 0 Å². The van der Waals surface area contributed by atoms with Gasteiger partial charge >= 0.3 is 0 Å². The summed E-state index contributed by atoms with van der Waals surface area (Å²) in [5.41, 5.74) is 9.36. The molecule has 0 unspecified atom stereocenters. The Bertz CT molecular complexity index is 2740. The van der Waals surface area contributed by atoms with E-state index in [0.717, 1.165) is 55.5 Å². The minimum Gasteiger partial charge on any atom is -0.307 e. The molecule has 0 aliphatic carbocycles. The molecule has 10 rings (SSSR count). The Hall–Kier alpha value is -6.85. The maximum absolute atomic E-state index is 5.25. The highest BCUT2D eigenvalue weighted by atomic mass is 15.1. The zero-order valence-electron chi connectivity index (χ0n) is 27.0. The number of nitrogens with zero attached hydrogens (tertiary/aromatic N) is 5. The van der Waals surface area contributed by atoms with Gasteiger partial charge in [0.25, 0.3) is 0 Å². The Morgan fingerprint density at radius 2 is 0.740 bits per heavy atom. The van der Waals surface area contributed by atoms with Gasteiger partial charge in [-0.1, -0.05) is 140 Å². The molecule has 0 aliphatic heterocycles. The summed E-state index contributed by atoms with van der Waals surface area (Å²) < 4.78 is 4.80. The zero-order chi connectivity index (χ0) is 33.0. The molecule has 0 aliphatic rings. The van der Waals surface area contributed by atoms with E-state index in [-0.39, 0.29) is 0 Å². The van der Waals surface area contributed by atoms with E-state index >= 15 is 0 Å². The normalized spacial score (nSPS) is 11.6. The van der Waals surface area contributed by atoms with Gasteiger partial charge in [0.15, 0.2) is 17.5 Å². The Morgan fingerprint density at radius 3 is 1.28 bits per heavy atom. The van der Waals surface area contributed by atoms with Crippen molar-refractivity contribution in [2.24, 2.45) is 0 Å². The zero-order valence-corrected chi connectivity index (χ0v) is 27.0. The van der Waals surface area contributed by atoms with Crippen molar-refractivity contribution in [3.8, 4) is 45.5 Å². The number of benzene rings is 7. The van der Waals surface area contributed by atoms with Gasteiger partial charge in [-0.15, -0.1) is 0 Å². The van der Waals surface area contributed by atoms with Crippen LogP contribution in [0.1, 0.15) is 0 Å². The maximum Gasteiger partial charge on any atom is 0.166 e. The molecule has 234 valence electrons. The number of fused-ring (bicyclic) bond motifs is 6. The lowest BCUT2D eigenvalue weighted by Gasteiger charge is -2.18. The van der Waals surface area contributed by atoms with Crippen LogP contribution < -0.4 is 0 Å². The fraction of sp³-hybridized carbons (Fsp3) is 0. The van der Waals surface area contributed by atoms with E-state index in [9.17, 15) is 0 Å². The number of para-hydroxylation sites is 4. The van der Waals surface area contributed by atoms with Crippen molar-refractivity contribution in [2.45, 2.75) is 0 Å². The van der Waals surface area contributed by atoms with Crippen molar-refractivity contribution in [1.29, 1.82) is 0 Å². The average molecular weight is 640 g/mol. The Kier molecular flexibility index (Phi) is 6.42. The van der Waals surface area contributed by atoms with E-state index in [1.165, 1.54) is 16.2 Å². The fourth-order valence-corrected chi connectivity index (χ4v) is 7.38. The van der Waals surface area contributed by atoms with Gasteiger partial charge in [0, 0.05) is 43.9 Å². The van der Waals surface area contributed by atoms with Crippen molar-refractivity contribution in [2.75, 3.05) is 0 Å². The second kappa shape index (κ2) is 11.4. The lowest BCUT2D eigenvalue weighted by Crippen LogP contribution is -2.06. The first-order valence-electron chi connectivity index (χ1n) is 16.8. The molecule has 7 aromatic carbocycles. The van der Waals surface area contributed by atoms with Gasteiger partial charge < -0.3 is 9.13 Å². The molecule has 0 amide bonds. The Balaban J connectivity index is 1.41. The van der Waals surface area contributed by atoms with Crippen LogP contribution in [-0.4, -0.2) is 24.1 Å². The first-order valence-corrected chi connectivity index (χ1v) is 16.8. The summed E-state index contributed by atoms with van der Waals surface area (Å²) in [6.45, 7) is 0. The van der Waals surface area contributed by atoms with Crippen LogP contribution in [0.5, 0.6) is 0 Å². The summed E-state index contributed by atoms with van der Waals surface area (Å²) in [6, 6.07) is 61.4. The van der Waals surface area contributed by atoms with Gasteiger partial charge in [-0.3, -0.25) is 0 Å². The van der Waals surface area contributed by atoms with E-state index in [2.05, 4.69) is 149 Å². The molecule has 5 heteroatoms. The molecule has 3 heterocycles. The van der Waals surface area contributed by atoms with Crippen LogP contribution in [-0.2, 0) is 0 Å². The average Bonchev–Trinajstić information content (AvgIpc) is 3.71. The molecule has 3 aromatic heterocycles. The van der Waals surface area contributed by atoms with Crippen molar-refractivity contribution < 1.29 is 0 Å². The summed E-state index contributed by atoms with van der Waals surface area (Å²) >= 11 is 0. The third kappa shape index (κ3) is 4.37. The highest BCUT2D eigenvalue weighted by Gasteiger charge is 2.25. The highest BCUT2D eigenvalue weighted by molar-refractivity contribution is 6.16. The molecule has 0 bridgehead atoms. The molecule has 5 nitrogen and oxygen atoms in total. The highest BCUT2D eigenvalue weighted by Crippen LogP contribution is 2.43. The smallest absolute Gasteiger partial charge is 0.166 e. The summed E-state index contributed by atoms with van der Waals surface area (Å²) in [6.07, 6.45) is 0. The predicted octanol–water partition coefficient (Wildman–Crippen LogP) is 11.1. The lowest BCUT2D eigenvalue weighted by atomic mass is 10.1. The van der Waals surface area contributed by atoms with Gasteiger partial charge in [0.1, 0.15) is 0 Å². The second-order valence-corrected chi connectivity index (χ2v) is 12.5. The standard InChI is InChI=1S/C45H29N5/c1-4-16-30(17-5-1)43-46-44(31-18-6-2-7-19-31)48-45(47-43)37-29-28-36-35-24-12-13-25-38(35)49(32-20-8-3-9-21-32)41(36)42(37)50-39-26-14-10-22-33(39)34-23-11-15-27-40(34)50/h1-29H. The Labute approximate surface area is 288 Å². The third-order valence-electron chi connectivity index (χ3n) is 9.57. The predicted molar refractivity (Wildman–Crippen MR) is 205 cm³/mol. The van der Waals surface area contributed by atoms with Gasteiger partial charge in [0.2, 0.25) is 0 Å². The molecule has 0 atom stereocenters. The van der Waals surface area contributed by atoms with Crippen LogP contribution in [0.2, 0.25) is 0 Å². The second-order valence-electron chi connectivity index (χ2n) is 12.5. The van der Waals surface area contributed by atoms with Crippen LogP contribution >= 0.6 is 0 Å². The van der Waals surface area contributed by atoms with E-state index in [0.29, 0.717) is 17.5 Å². The Morgan fingerprint density at radius 1 is 0.320 bits per heavy atom. The van der Waals surface area contributed by atoms with E-state index < -0.39 is 0 Å². The quantitative estimate of drug-likeness (QED) is 0.188. The van der Waals surface area contributed by atoms with Gasteiger partial charge in [0.05, 0.1) is 27.8 Å². The largest absolute Gasteiger partial charge is 0.307 e. The van der Waals surface area contributed by atoms with Gasteiger partial charge in [-0.05, 0) is 36.4 Å². The van der Waals surface area contributed by atoms with Gasteiger partial charge in [-0.2, -0.15) is 0 Å². The number of hydrogen-bond acceptors (Lipinski definition) is 3. The molecule has 0 N–H and O–H groups in total. The SMILES string of the molecule is c1ccc(-c2nc(-c3ccccc3)nc(-c3ccc4c5ccccc5n(-c5ccccc5)c4c3-n3c4ccccc4c4ccccc43)n2)cc1. The molecular formula is C45H29N5. The van der Waals surface area contributed by atoms with Crippen molar-refractivity contribution >= 4 is 43.6 Å². The van der Waals surface area contributed by atoms with Crippen LogP contribution in [0.25, 0.3) is 89.2 Å². The first-order chi connectivity index (χ1) is 24.8. The molecule has 10 aromatic rings. The monoisotopic (exact) mass is 639 g/mol. The van der Waals surface area contributed by atoms with E-state index in [4.69, 9.17) is 15.0 Å². The fourth-order valence-electron chi connectivity index (χ4n) is 7.38. The molecular weight excluding hydrogens is 611 g/mol. The molecule has 0 saturated heterocycles. The third-order valence-corrected chi connectivity index (χ3v) is 9.57. The van der Waals surface area contributed by atoms with Crippen molar-refractivity contribution in [3.05, 3.63) is 176 Å². The van der Waals surface area contributed by atoms with E-state index in [1.54, 1.807) is 0 Å². The number of aromatic nitrogens is 5. The van der Waals surface area contributed by atoms with Crippen LogP contribution in [0.15, 0.2) is 176 Å². The van der Waals surface area contributed by atoms with Crippen molar-refractivity contribution in [1.82, 2.24) is 24.1 Å². The minimum absolute atomic E-state index is 0.612. The summed E-state index contributed by atoms with van der Waals surface area (Å²) in [7, 11) is 0. The topological polar surface area (TPSA) is 48.5 Å². The molecule has 50 heavy (non-hydrogen) atoms.